The predicted molar refractivity (Wildman–Crippen MR) is 143 cm³/mol. The molecule has 196 valence electrons. The van der Waals surface area contributed by atoms with E-state index in [4.69, 9.17) is 27.9 Å². The number of allylic oxidation sites excluding steroid dienone is 3. The van der Waals surface area contributed by atoms with Crippen LogP contribution in [-0.4, -0.2) is 78.0 Å². The third-order valence-electron chi connectivity index (χ3n) is 5.62. The molecule has 3 aromatic rings. The Labute approximate surface area is 224 Å². The third kappa shape index (κ3) is 6.24. The van der Waals surface area contributed by atoms with Crippen LogP contribution in [0.4, 0.5) is 5.69 Å². The van der Waals surface area contributed by atoms with Gasteiger partial charge < -0.3 is 14.7 Å². The SMILES string of the molecule is CN(C)CCOc1cnc(-n2ccc3cc(N(CC(=O)O)S(=O)(=O)C4C=C(Cl)C=C(Cl)C4)ccc32)cn1. The Morgan fingerprint density at radius 1 is 1.22 bits per heavy atom. The molecule has 0 radical (unpaired) electrons. The Kier molecular flexibility index (Phi) is 8.08. The molecule has 1 aliphatic rings. The molecule has 1 unspecified atom stereocenters. The number of hydrogen-bond donors (Lipinski definition) is 1. The number of ether oxygens (including phenoxy) is 1. The summed E-state index contributed by atoms with van der Waals surface area (Å²) in [6, 6.07) is 6.65. The molecule has 2 aromatic heterocycles. The van der Waals surface area contributed by atoms with Crippen molar-refractivity contribution in [1.29, 1.82) is 0 Å². The standard InChI is InChI=1S/C24H25Cl2N5O5S/c1-29(2)7-8-36-23-14-27-22(13-28-23)30-6-5-16-9-19(3-4-21(16)30)31(15-24(32)33)37(34,35)20-11-17(25)10-18(26)12-20/h3-6,9-11,13-14,20H,7-8,12,15H2,1-2H3,(H,32,33). The lowest BCUT2D eigenvalue weighted by atomic mass is 10.2. The monoisotopic (exact) mass is 565 g/mol. The minimum Gasteiger partial charge on any atom is -0.480 e. The summed E-state index contributed by atoms with van der Waals surface area (Å²) in [4.78, 5) is 22.3. The second-order valence-corrected chi connectivity index (χ2v) is 11.6. The molecule has 0 spiro atoms. The fourth-order valence-corrected chi connectivity index (χ4v) is 6.34. The van der Waals surface area contributed by atoms with Crippen LogP contribution in [0.1, 0.15) is 6.42 Å². The number of nitrogens with zero attached hydrogens (tertiary/aromatic N) is 5. The number of anilines is 1. The molecule has 1 atom stereocenters. The van der Waals surface area contributed by atoms with Gasteiger partial charge in [0, 0.05) is 34.6 Å². The number of sulfonamides is 1. The predicted octanol–water partition coefficient (Wildman–Crippen LogP) is 3.60. The molecule has 1 aliphatic carbocycles. The summed E-state index contributed by atoms with van der Waals surface area (Å²) in [5, 5.41) is 9.52. The van der Waals surface area contributed by atoms with Crippen molar-refractivity contribution in [2.24, 2.45) is 0 Å². The fraction of sp³-hybridized carbons (Fsp3) is 0.292. The zero-order valence-corrected chi connectivity index (χ0v) is 22.4. The van der Waals surface area contributed by atoms with Gasteiger partial charge in [-0.3, -0.25) is 13.7 Å². The first-order valence-corrected chi connectivity index (χ1v) is 13.5. The van der Waals surface area contributed by atoms with Crippen LogP contribution in [0.15, 0.2) is 65.1 Å². The van der Waals surface area contributed by atoms with Crippen LogP contribution in [-0.2, 0) is 14.8 Å². The van der Waals surface area contributed by atoms with E-state index in [0.29, 0.717) is 23.7 Å². The van der Waals surface area contributed by atoms with Crippen LogP contribution in [0.25, 0.3) is 16.7 Å². The average molecular weight is 566 g/mol. The summed E-state index contributed by atoms with van der Waals surface area (Å²) in [5.74, 6) is -0.344. The summed E-state index contributed by atoms with van der Waals surface area (Å²) < 4.78 is 35.2. The molecule has 4 rings (SSSR count). The van der Waals surface area contributed by atoms with Crippen molar-refractivity contribution in [3.05, 3.63) is 65.1 Å². The van der Waals surface area contributed by atoms with Crippen molar-refractivity contribution < 1.29 is 23.1 Å². The number of rotatable bonds is 10. The Morgan fingerprint density at radius 3 is 2.65 bits per heavy atom. The molecule has 10 nitrogen and oxygen atoms in total. The zero-order valence-electron chi connectivity index (χ0n) is 20.1. The van der Waals surface area contributed by atoms with E-state index in [-0.39, 0.29) is 22.2 Å². The van der Waals surface area contributed by atoms with Gasteiger partial charge in [0.05, 0.1) is 23.6 Å². The normalized spacial score (nSPS) is 16.0. The molecular weight excluding hydrogens is 541 g/mol. The highest BCUT2D eigenvalue weighted by atomic mass is 35.5. The van der Waals surface area contributed by atoms with E-state index < -0.39 is 27.8 Å². The molecule has 37 heavy (non-hydrogen) atoms. The minimum atomic E-state index is -4.15. The number of carboxylic acids is 1. The van der Waals surface area contributed by atoms with Crippen LogP contribution >= 0.6 is 23.2 Å². The van der Waals surface area contributed by atoms with E-state index in [1.807, 2.05) is 19.0 Å². The maximum absolute atomic E-state index is 13.5. The maximum atomic E-state index is 13.5. The summed E-state index contributed by atoms with van der Waals surface area (Å²) in [7, 11) is -0.248. The number of aromatic nitrogens is 3. The van der Waals surface area contributed by atoms with Crippen molar-refractivity contribution in [3.8, 4) is 11.7 Å². The first kappa shape index (κ1) is 26.9. The molecule has 0 saturated carbocycles. The van der Waals surface area contributed by atoms with Crippen LogP contribution < -0.4 is 9.04 Å². The number of likely N-dealkylation sites (N-methyl/N-ethyl adjacent to an activating group) is 1. The van der Waals surface area contributed by atoms with Gasteiger partial charge in [-0.1, -0.05) is 23.2 Å². The fourth-order valence-electron chi connectivity index (χ4n) is 3.82. The number of carbonyl (C=O) groups is 1. The smallest absolute Gasteiger partial charge is 0.324 e. The van der Waals surface area contributed by atoms with E-state index in [1.165, 1.54) is 18.3 Å². The second-order valence-electron chi connectivity index (χ2n) is 8.62. The zero-order chi connectivity index (χ0) is 26.7. The van der Waals surface area contributed by atoms with Crippen LogP contribution in [0.5, 0.6) is 5.88 Å². The largest absolute Gasteiger partial charge is 0.480 e. The lowest BCUT2D eigenvalue weighted by molar-refractivity contribution is -0.135. The average Bonchev–Trinajstić information content (AvgIpc) is 3.25. The van der Waals surface area contributed by atoms with Gasteiger partial charge in [0.2, 0.25) is 15.9 Å². The molecule has 0 amide bonds. The first-order valence-electron chi connectivity index (χ1n) is 11.2. The second kappa shape index (κ2) is 11.1. The van der Waals surface area contributed by atoms with Crippen LogP contribution in [0, 0.1) is 0 Å². The lowest BCUT2D eigenvalue weighted by Crippen LogP contribution is -2.41. The van der Waals surface area contributed by atoms with Crippen molar-refractivity contribution in [1.82, 2.24) is 19.4 Å². The summed E-state index contributed by atoms with van der Waals surface area (Å²) in [6.45, 7) is 0.479. The summed E-state index contributed by atoms with van der Waals surface area (Å²) in [5.41, 5.74) is 0.942. The van der Waals surface area contributed by atoms with Crippen molar-refractivity contribution in [2.75, 3.05) is 38.1 Å². The van der Waals surface area contributed by atoms with E-state index in [2.05, 4.69) is 9.97 Å². The van der Waals surface area contributed by atoms with Gasteiger partial charge in [-0.05, 0) is 50.5 Å². The highest BCUT2D eigenvalue weighted by molar-refractivity contribution is 7.93. The molecule has 0 aliphatic heterocycles. The van der Waals surface area contributed by atoms with Crippen molar-refractivity contribution in [2.45, 2.75) is 11.7 Å². The van der Waals surface area contributed by atoms with E-state index in [1.54, 1.807) is 41.2 Å². The molecule has 1 aromatic carbocycles. The molecule has 2 heterocycles. The Bertz CT molecular complexity index is 1470. The highest BCUT2D eigenvalue weighted by Gasteiger charge is 2.34. The number of carboxylic acid groups (broad SMARTS) is 1. The number of aliphatic carboxylic acids is 1. The molecule has 0 fully saturated rings. The van der Waals surface area contributed by atoms with Crippen molar-refractivity contribution >= 4 is 55.8 Å². The van der Waals surface area contributed by atoms with Gasteiger partial charge in [0.1, 0.15) is 18.4 Å². The summed E-state index contributed by atoms with van der Waals surface area (Å²) in [6.07, 6.45) is 7.72. The number of hydrogen-bond acceptors (Lipinski definition) is 7. The van der Waals surface area contributed by atoms with E-state index >= 15 is 0 Å². The lowest BCUT2D eigenvalue weighted by Gasteiger charge is -2.28. The molecule has 0 saturated heterocycles. The van der Waals surface area contributed by atoms with Crippen molar-refractivity contribution in [3.63, 3.8) is 0 Å². The molecule has 0 bridgehead atoms. The third-order valence-corrected chi connectivity index (χ3v) is 8.14. The van der Waals surface area contributed by atoms with Crippen LogP contribution in [0.3, 0.4) is 0 Å². The minimum absolute atomic E-state index is 0.00235. The van der Waals surface area contributed by atoms with Gasteiger partial charge in [0.15, 0.2) is 5.82 Å². The van der Waals surface area contributed by atoms with Gasteiger partial charge in [-0.25, -0.2) is 18.4 Å². The molecule has 1 N–H and O–H groups in total. The Morgan fingerprint density at radius 2 is 2.00 bits per heavy atom. The van der Waals surface area contributed by atoms with E-state index in [9.17, 15) is 18.3 Å². The van der Waals surface area contributed by atoms with Gasteiger partial charge in [-0.15, -0.1) is 0 Å². The maximum Gasteiger partial charge on any atom is 0.324 e. The van der Waals surface area contributed by atoms with Crippen LogP contribution in [0.2, 0.25) is 0 Å². The van der Waals surface area contributed by atoms with E-state index in [0.717, 1.165) is 16.4 Å². The quantitative estimate of drug-likeness (QED) is 0.396. The Balaban J connectivity index is 1.62. The first-order chi connectivity index (χ1) is 17.5. The number of benzene rings is 1. The summed E-state index contributed by atoms with van der Waals surface area (Å²) >= 11 is 12.1. The Hall–Kier alpha value is -3.12. The highest BCUT2D eigenvalue weighted by Crippen LogP contribution is 2.32. The molecular formula is C24H25Cl2N5O5S. The number of fused-ring (bicyclic) bond motifs is 1. The van der Waals surface area contributed by atoms with Gasteiger partial charge >= 0.3 is 5.97 Å². The van der Waals surface area contributed by atoms with Gasteiger partial charge in [-0.2, -0.15) is 0 Å². The molecule has 13 heteroatoms. The topological polar surface area (TPSA) is 118 Å². The van der Waals surface area contributed by atoms with Gasteiger partial charge in [0.25, 0.3) is 0 Å². The number of halogens is 2.